The van der Waals surface area contributed by atoms with Crippen LogP contribution in [0, 0.1) is 0 Å². The number of methoxy groups -OCH3 is 1. The molecule has 1 aliphatic rings. The van der Waals surface area contributed by atoms with Gasteiger partial charge in [0.1, 0.15) is 10.8 Å². The molecule has 2 heterocycles. The fraction of sp³-hybridized carbons (Fsp3) is 0.286. The molecule has 0 N–H and O–H groups in total. The summed E-state index contributed by atoms with van der Waals surface area (Å²) in [4.78, 5) is 15.8. The predicted molar refractivity (Wildman–Crippen MR) is 71.9 cm³/mol. The van der Waals surface area contributed by atoms with Gasteiger partial charge in [0, 0.05) is 16.9 Å². The normalized spacial score (nSPS) is 17.4. The first-order chi connectivity index (χ1) is 9.29. The maximum Gasteiger partial charge on any atom is 0.357 e. The number of para-hydroxylation sites is 1. The molecule has 0 radical (unpaired) electrons. The van der Waals surface area contributed by atoms with Crippen LogP contribution in [-0.2, 0) is 4.74 Å². The topological polar surface area (TPSA) is 48.4 Å². The molecule has 98 valence electrons. The Labute approximate surface area is 115 Å². The van der Waals surface area contributed by atoms with Crippen LogP contribution in [0.15, 0.2) is 29.6 Å². The molecule has 1 aliphatic heterocycles. The highest BCUT2D eigenvalue weighted by atomic mass is 32.1. The second-order valence-electron chi connectivity index (χ2n) is 4.29. The molecule has 4 nitrogen and oxygen atoms in total. The van der Waals surface area contributed by atoms with E-state index in [0.717, 1.165) is 22.7 Å². The van der Waals surface area contributed by atoms with Crippen molar-refractivity contribution < 1.29 is 14.3 Å². The lowest BCUT2D eigenvalue weighted by atomic mass is 9.94. The van der Waals surface area contributed by atoms with Gasteiger partial charge in [-0.2, -0.15) is 0 Å². The minimum atomic E-state index is -0.386. The Kier molecular flexibility index (Phi) is 3.21. The Morgan fingerprint density at radius 1 is 1.47 bits per heavy atom. The van der Waals surface area contributed by atoms with Gasteiger partial charge in [-0.15, -0.1) is 11.3 Å². The summed E-state index contributed by atoms with van der Waals surface area (Å²) in [5.41, 5.74) is 1.52. The summed E-state index contributed by atoms with van der Waals surface area (Å²) >= 11 is 1.50. The molecule has 0 aliphatic carbocycles. The largest absolute Gasteiger partial charge is 0.493 e. The van der Waals surface area contributed by atoms with Crippen molar-refractivity contribution in [3.63, 3.8) is 0 Å². The van der Waals surface area contributed by atoms with Crippen molar-refractivity contribution >= 4 is 17.3 Å². The first-order valence-electron chi connectivity index (χ1n) is 6.05. The molecule has 2 aromatic rings. The fourth-order valence-electron chi connectivity index (χ4n) is 2.24. The number of thiazole rings is 1. The summed E-state index contributed by atoms with van der Waals surface area (Å²) in [5.74, 6) is 0.727. The SMILES string of the molecule is COC(=O)c1csc(C2CCOc3ccccc32)n1. The molecule has 19 heavy (non-hydrogen) atoms. The van der Waals surface area contributed by atoms with Crippen molar-refractivity contribution in [3.8, 4) is 5.75 Å². The van der Waals surface area contributed by atoms with Gasteiger partial charge in [0.2, 0.25) is 0 Å². The molecule has 0 bridgehead atoms. The maximum atomic E-state index is 11.5. The van der Waals surface area contributed by atoms with Crippen LogP contribution in [0.25, 0.3) is 0 Å². The Morgan fingerprint density at radius 3 is 3.16 bits per heavy atom. The molecule has 1 aromatic heterocycles. The number of carbonyl (C=O) groups is 1. The monoisotopic (exact) mass is 275 g/mol. The second kappa shape index (κ2) is 5.01. The third-order valence-electron chi connectivity index (χ3n) is 3.17. The molecule has 1 aromatic carbocycles. The molecule has 3 rings (SSSR count). The number of rotatable bonds is 2. The van der Waals surface area contributed by atoms with Crippen molar-refractivity contribution in [2.75, 3.05) is 13.7 Å². The van der Waals surface area contributed by atoms with Crippen molar-refractivity contribution in [1.29, 1.82) is 0 Å². The van der Waals surface area contributed by atoms with Crippen LogP contribution in [0.3, 0.4) is 0 Å². The third-order valence-corrected chi connectivity index (χ3v) is 4.13. The van der Waals surface area contributed by atoms with E-state index in [1.807, 2.05) is 18.2 Å². The van der Waals surface area contributed by atoms with Gasteiger partial charge >= 0.3 is 5.97 Å². The standard InChI is InChI=1S/C14H13NO3S/c1-17-14(16)11-8-19-13(15-11)10-6-7-18-12-5-3-2-4-9(10)12/h2-5,8,10H,6-7H2,1H3. The maximum absolute atomic E-state index is 11.5. The lowest BCUT2D eigenvalue weighted by molar-refractivity contribution is 0.0594. The molecular formula is C14H13NO3S. The summed E-state index contributed by atoms with van der Waals surface area (Å²) in [6.07, 6.45) is 0.880. The van der Waals surface area contributed by atoms with Crippen LogP contribution in [-0.4, -0.2) is 24.7 Å². The zero-order chi connectivity index (χ0) is 13.2. The molecule has 5 heteroatoms. The third kappa shape index (κ3) is 2.21. The minimum Gasteiger partial charge on any atom is -0.493 e. The summed E-state index contributed by atoms with van der Waals surface area (Å²) in [6.45, 7) is 0.675. The van der Waals surface area contributed by atoms with Gasteiger partial charge in [-0.05, 0) is 12.5 Å². The molecule has 0 spiro atoms. The first kappa shape index (κ1) is 12.2. The van der Waals surface area contributed by atoms with Gasteiger partial charge in [-0.3, -0.25) is 0 Å². The molecule has 0 fully saturated rings. The Balaban J connectivity index is 1.95. The van der Waals surface area contributed by atoms with E-state index in [9.17, 15) is 4.79 Å². The van der Waals surface area contributed by atoms with E-state index in [0.29, 0.717) is 12.3 Å². The van der Waals surface area contributed by atoms with E-state index in [4.69, 9.17) is 4.74 Å². The highest BCUT2D eigenvalue weighted by molar-refractivity contribution is 7.10. The van der Waals surface area contributed by atoms with Gasteiger partial charge in [0.15, 0.2) is 5.69 Å². The highest BCUT2D eigenvalue weighted by Gasteiger charge is 2.26. The quantitative estimate of drug-likeness (QED) is 0.791. The molecule has 1 atom stereocenters. The van der Waals surface area contributed by atoms with E-state index >= 15 is 0 Å². The van der Waals surface area contributed by atoms with Gasteiger partial charge < -0.3 is 9.47 Å². The fourth-order valence-corrected chi connectivity index (χ4v) is 3.19. The average molecular weight is 275 g/mol. The number of esters is 1. The first-order valence-corrected chi connectivity index (χ1v) is 6.93. The van der Waals surface area contributed by atoms with Gasteiger partial charge in [-0.25, -0.2) is 9.78 Å². The smallest absolute Gasteiger partial charge is 0.357 e. The van der Waals surface area contributed by atoms with E-state index in [1.54, 1.807) is 5.38 Å². The number of nitrogens with zero attached hydrogens (tertiary/aromatic N) is 1. The van der Waals surface area contributed by atoms with E-state index in [1.165, 1.54) is 18.4 Å². The zero-order valence-electron chi connectivity index (χ0n) is 10.5. The van der Waals surface area contributed by atoms with Gasteiger partial charge in [0.05, 0.1) is 13.7 Å². The van der Waals surface area contributed by atoms with E-state index < -0.39 is 0 Å². The molecule has 0 saturated heterocycles. The number of fused-ring (bicyclic) bond motifs is 1. The number of carbonyl (C=O) groups excluding carboxylic acids is 1. The number of benzene rings is 1. The molecular weight excluding hydrogens is 262 g/mol. The Morgan fingerprint density at radius 2 is 2.32 bits per heavy atom. The van der Waals surface area contributed by atoms with Crippen LogP contribution in [0.4, 0.5) is 0 Å². The van der Waals surface area contributed by atoms with Crippen molar-refractivity contribution in [1.82, 2.24) is 4.98 Å². The molecule has 0 amide bonds. The Hall–Kier alpha value is -1.88. The zero-order valence-corrected chi connectivity index (χ0v) is 11.3. The predicted octanol–water partition coefficient (Wildman–Crippen LogP) is 2.84. The number of ether oxygens (including phenoxy) is 2. The number of hydrogen-bond acceptors (Lipinski definition) is 5. The molecule has 0 saturated carbocycles. The van der Waals surface area contributed by atoms with Crippen LogP contribution in [0.2, 0.25) is 0 Å². The summed E-state index contributed by atoms with van der Waals surface area (Å²) in [7, 11) is 1.37. The Bertz CT molecular complexity index is 608. The minimum absolute atomic E-state index is 0.202. The average Bonchev–Trinajstić information content (AvgIpc) is 2.95. The van der Waals surface area contributed by atoms with Crippen molar-refractivity contribution in [2.45, 2.75) is 12.3 Å². The summed E-state index contributed by atoms with van der Waals surface area (Å²) < 4.78 is 10.3. The molecule has 1 unspecified atom stereocenters. The van der Waals surface area contributed by atoms with Crippen LogP contribution >= 0.6 is 11.3 Å². The summed E-state index contributed by atoms with van der Waals surface area (Å²) in [5, 5.41) is 2.69. The van der Waals surface area contributed by atoms with Crippen LogP contribution in [0.5, 0.6) is 5.75 Å². The van der Waals surface area contributed by atoms with Gasteiger partial charge in [0.25, 0.3) is 0 Å². The van der Waals surface area contributed by atoms with Crippen LogP contribution in [0.1, 0.15) is 33.4 Å². The summed E-state index contributed by atoms with van der Waals surface area (Å²) in [6, 6.07) is 7.98. The van der Waals surface area contributed by atoms with E-state index in [-0.39, 0.29) is 11.9 Å². The van der Waals surface area contributed by atoms with Crippen molar-refractivity contribution in [2.24, 2.45) is 0 Å². The van der Waals surface area contributed by atoms with Crippen molar-refractivity contribution in [3.05, 3.63) is 45.9 Å². The van der Waals surface area contributed by atoms with Gasteiger partial charge in [-0.1, -0.05) is 18.2 Å². The highest BCUT2D eigenvalue weighted by Crippen LogP contribution is 2.38. The lowest BCUT2D eigenvalue weighted by Gasteiger charge is -2.24. The van der Waals surface area contributed by atoms with E-state index in [2.05, 4.69) is 15.8 Å². The lowest BCUT2D eigenvalue weighted by Crippen LogP contribution is -2.15. The second-order valence-corrected chi connectivity index (χ2v) is 5.18. The van der Waals surface area contributed by atoms with Crippen LogP contribution < -0.4 is 4.74 Å². The number of aromatic nitrogens is 1. The number of hydrogen-bond donors (Lipinski definition) is 0.